The summed E-state index contributed by atoms with van der Waals surface area (Å²) >= 11 is 0. The second-order valence-electron chi connectivity index (χ2n) is 10.2. The molecule has 8 heteroatoms. The molecule has 5 rings (SSSR count). The first-order valence-electron chi connectivity index (χ1n) is 13.6. The maximum Gasteiger partial charge on any atom is 0.336 e. The highest BCUT2D eigenvalue weighted by Crippen LogP contribution is 2.20. The van der Waals surface area contributed by atoms with E-state index in [4.69, 9.17) is 11.5 Å². The first kappa shape index (κ1) is 28.6. The highest BCUT2D eigenvalue weighted by atomic mass is 16.4. The molecule has 2 amide bonds. The highest BCUT2D eigenvalue weighted by molar-refractivity contribution is 6.13. The molecule has 8 nitrogen and oxygen atoms in total. The normalized spacial score (nSPS) is 10.6. The molecule has 0 aliphatic rings. The van der Waals surface area contributed by atoms with Crippen LogP contribution in [0.4, 0.5) is 22.7 Å². The van der Waals surface area contributed by atoms with Crippen LogP contribution in [0.5, 0.6) is 0 Å². The molecule has 0 radical (unpaired) electrons. The molecular weight excluding hydrogens is 540 g/mol. The third-order valence-electron chi connectivity index (χ3n) is 6.96. The summed E-state index contributed by atoms with van der Waals surface area (Å²) in [7, 11) is 0. The van der Waals surface area contributed by atoms with Gasteiger partial charge in [0.1, 0.15) is 0 Å². The van der Waals surface area contributed by atoms with Crippen LogP contribution in [0, 0.1) is 0 Å². The number of hydrogen-bond acceptors (Lipinski definition) is 5. The maximum absolute atomic E-state index is 13.0. The van der Waals surface area contributed by atoms with E-state index in [2.05, 4.69) is 10.6 Å². The van der Waals surface area contributed by atoms with Gasteiger partial charge in [0.25, 0.3) is 11.8 Å². The zero-order valence-electron chi connectivity index (χ0n) is 23.2. The van der Waals surface area contributed by atoms with Crippen molar-refractivity contribution in [1.82, 2.24) is 0 Å². The van der Waals surface area contributed by atoms with E-state index in [1.807, 2.05) is 72.8 Å². The van der Waals surface area contributed by atoms with Crippen LogP contribution in [-0.4, -0.2) is 22.9 Å². The molecule has 0 aliphatic carbocycles. The van der Waals surface area contributed by atoms with Crippen molar-refractivity contribution >= 4 is 40.5 Å². The van der Waals surface area contributed by atoms with E-state index in [1.165, 1.54) is 18.2 Å². The average molecular weight is 571 g/mol. The fourth-order valence-electron chi connectivity index (χ4n) is 4.62. The van der Waals surface area contributed by atoms with Gasteiger partial charge >= 0.3 is 5.97 Å². The van der Waals surface area contributed by atoms with Crippen LogP contribution in [0.2, 0.25) is 0 Å². The molecule has 0 saturated heterocycles. The van der Waals surface area contributed by atoms with Crippen LogP contribution in [-0.2, 0) is 12.8 Å². The largest absolute Gasteiger partial charge is 0.478 e. The summed E-state index contributed by atoms with van der Waals surface area (Å²) in [5.41, 5.74) is 18.1. The predicted octanol–water partition coefficient (Wildman–Crippen LogP) is 6.24. The number of rotatable bonds is 9. The van der Waals surface area contributed by atoms with Crippen molar-refractivity contribution < 1.29 is 19.5 Å². The summed E-state index contributed by atoms with van der Waals surface area (Å²) in [5, 5.41) is 15.3. The molecule has 0 heterocycles. The number of anilines is 4. The van der Waals surface area contributed by atoms with Crippen LogP contribution < -0.4 is 22.1 Å². The molecule has 0 atom stereocenters. The van der Waals surface area contributed by atoms with Crippen molar-refractivity contribution in [3.63, 3.8) is 0 Å². The van der Waals surface area contributed by atoms with Gasteiger partial charge < -0.3 is 27.2 Å². The Balaban J connectivity index is 1.23. The van der Waals surface area contributed by atoms with Crippen LogP contribution in [0.1, 0.15) is 53.3 Å². The van der Waals surface area contributed by atoms with E-state index >= 15 is 0 Å². The molecule has 0 aromatic heterocycles. The number of aromatic carboxylic acids is 1. The summed E-state index contributed by atoms with van der Waals surface area (Å²) in [4.78, 5) is 38.0. The van der Waals surface area contributed by atoms with Gasteiger partial charge in [-0.05, 0) is 102 Å². The summed E-state index contributed by atoms with van der Waals surface area (Å²) in [5.74, 6) is -2.39. The van der Waals surface area contributed by atoms with Crippen LogP contribution in [0.3, 0.4) is 0 Å². The van der Waals surface area contributed by atoms with Crippen molar-refractivity contribution in [3.8, 4) is 0 Å². The lowest BCUT2D eigenvalue weighted by Crippen LogP contribution is -2.19. The number of benzene rings is 5. The van der Waals surface area contributed by atoms with Gasteiger partial charge in [0.05, 0.1) is 11.1 Å². The topological polar surface area (TPSA) is 148 Å². The van der Waals surface area contributed by atoms with Gasteiger partial charge in [0.2, 0.25) is 0 Å². The number of nitrogens with two attached hydrogens (primary N) is 2. The summed E-state index contributed by atoms with van der Waals surface area (Å²) < 4.78 is 0. The molecule has 0 fully saturated rings. The number of carboxylic acids is 1. The number of nitrogens with one attached hydrogen (secondary N) is 2. The van der Waals surface area contributed by atoms with Gasteiger partial charge in [-0.3, -0.25) is 9.59 Å². The Labute approximate surface area is 249 Å². The molecule has 5 aromatic rings. The summed E-state index contributed by atoms with van der Waals surface area (Å²) in [6.45, 7) is 0. The lowest BCUT2D eigenvalue weighted by atomic mass is 10.0. The predicted molar refractivity (Wildman–Crippen MR) is 170 cm³/mol. The minimum absolute atomic E-state index is 0.0537. The number of nitrogen functional groups attached to an aromatic ring is 2. The maximum atomic E-state index is 13.0. The van der Waals surface area contributed by atoms with E-state index in [1.54, 1.807) is 24.3 Å². The molecule has 7 N–H and O–H groups in total. The number of carboxylic acid groups (broad SMARTS) is 1. The van der Waals surface area contributed by atoms with Crippen molar-refractivity contribution in [2.45, 2.75) is 12.8 Å². The van der Waals surface area contributed by atoms with E-state index < -0.39 is 17.8 Å². The van der Waals surface area contributed by atoms with Crippen molar-refractivity contribution in [2.24, 2.45) is 0 Å². The molecule has 0 aliphatic heterocycles. The monoisotopic (exact) mass is 570 g/mol. The van der Waals surface area contributed by atoms with E-state index in [0.29, 0.717) is 35.6 Å². The summed E-state index contributed by atoms with van der Waals surface area (Å²) in [6, 6.07) is 33.9. The molecule has 0 spiro atoms. The van der Waals surface area contributed by atoms with E-state index in [9.17, 15) is 19.5 Å². The number of carbonyl (C=O) groups is 3. The molecule has 43 heavy (non-hydrogen) atoms. The van der Waals surface area contributed by atoms with Crippen LogP contribution in [0.15, 0.2) is 115 Å². The number of carbonyl (C=O) groups excluding carboxylic acids is 2. The first-order chi connectivity index (χ1) is 20.7. The average Bonchev–Trinajstić information content (AvgIpc) is 3.01. The van der Waals surface area contributed by atoms with Crippen molar-refractivity contribution in [3.05, 3.63) is 154 Å². The second kappa shape index (κ2) is 12.7. The zero-order valence-corrected chi connectivity index (χ0v) is 23.2. The Morgan fingerprint density at radius 3 is 1.33 bits per heavy atom. The number of amides is 2. The third-order valence-corrected chi connectivity index (χ3v) is 6.96. The van der Waals surface area contributed by atoms with E-state index in [-0.39, 0.29) is 16.7 Å². The minimum Gasteiger partial charge on any atom is -0.478 e. The number of hydrogen-bond donors (Lipinski definition) is 5. The zero-order chi connectivity index (χ0) is 30.3. The molecular formula is C35H30N4O4. The highest BCUT2D eigenvalue weighted by Gasteiger charge is 2.20. The fourth-order valence-corrected chi connectivity index (χ4v) is 4.62. The standard InChI is InChI=1S/C35H30N4O4/c36-27-10-1-22(2-11-27)19-24-5-14-29(15-6-24)38-33(40)26-9-18-31(32(21-26)35(42)43)34(41)39-30-16-7-25(8-17-30)20-23-3-12-28(37)13-4-23/h1-18,21H,19-20,36-37H2,(H,38,40)(H,39,41)(H,42,43). The molecule has 0 saturated carbocycles. The van der Waals surface area contributed by atoms with Gasteiger partial charge in [-0.2, -0.15) is 0 Å². The third kappa shape index (κ3) is 7.45. The molecule has 5 aromatic carbocycles. The minimum atomic E-state index is -1.31. The van der Waals surface area contributed by atoms with Crippen molar-refractivity contribution in [1.29, 1.82) is 0 Å². The SMILES string of the molecule is Nc1ccc(Cc2ccc(NC(=O)c3ccc(C(=O)Nc4ccc(Cc5ccc(N)cc5)cc4)c(C(=O)O)c3)cc2)cc1. The van der Waals surface area contributed by atoms with Crippen molar-refractivity contribution in [2.75, 3.05) is 22.1 Å². The Morgan fingerprint density at radius 2 is 0.907 bits per heavy atom. The fraction of sp³-hybridized carbons (Fsp3) is 0.0571. The Bertz CT molecular complexity index is 1760. The molecule has 214 valence electrons. The Morgan fingerprint density at radius 1 is 0.512 bits per heavy atom. The van der Waals surface area contributed by atoms with Gasteiger partial charge in [-0.15, -0.1) is 0 Å². The van der Waals surface area contributed by atoms with Gasteiger partial charge in [0.15, 0.2) is 0 Å². The molecule has 0 bridgehead atoms. The second-order valence-corrected chi connectivity index (χ2v) is 10.2. The lowest BCUT2D eigenvalue weighted by Gasteiger charge is -2.11. The molecule has 0 unspecified atom stereocenters. The lowest BCUT2D eigenvalue weighted by molar-refractivity contribution is 0.0692. The van der Waals surface area contributed by atoms with Crippen LogP contribution >= 0.6 is 0 Å². The smallest absolute Gasteiger partial charge is 0.336 e. The summed E-state index contributed by atoms with van der Waals surface area (Å²) in [6.07, 6.45) is 1.42. The van der Waals surface area contributed by atoms with Gasteiger partial charge in [-0.25, -0.2) is 4.79 Å². The quantitative estimate of drug-likeness (QED) is 0.133. The van der Waals surface area contributed by atoms with Gasteiger partial charge in [-0.1, -0.05) is 48.5 Å². The Kier molecular flexibility index (Phi) is 8.48. The van der Waals surface area contributed by atoms with E-state index in [0.717, 1.165) is 22.3 Å². The Hall–Kier alpha value is -5.89. The van der Waals surface area contributed by atoms with Crippen LogP contribution in [0.25, 0.3) is 0 Å². The van der Waals surface area contributed by atoms with Gasteiger partial charge in [0, 0.05) is 28.3 Å². The first-order valence-corrected chi connectivity index (χ1v) is 13.6.